The van der Waals surface area contributed by atoms with Crippen molar-refractivity contribution in [1.29, 1.82) is 0 Å². The van der Waals surface area contributed by atoms with Gasteiger partial charge >= 0.3 is 0 Å². The smallest absolute Gasteiger partial charge is 0.236 e. The van der Waals surface area contributed by atoms with Gasteiger partial charge in [-0.25, -0.2) is 0 Å². The maximum absolute atomic E-state index is 11.9. The lowest BCUT2D eigenvalue weighted by molar-refractivity contribution is -0.131. The second-order valence-electron chi connectivity index (χ2n) is 4.87. The van der Waals surface area contributed by atoms with Gasteiger partial charge in [0.15, 0.2) is 0 Å². The minimum absolute atomic E-state index is 0.298. The van der Waals surface area contributed by atoms with Crippen molar-refractivity contribution in [2.75, 3.05) is 20.1 Å². The summed E-state index contributed by atoms with van der Waals surface area (Å²) in [5.41, 5.74) is 0. The molecule has 3 heteroatoms. The summed E-state index contributed by atoms with van der Waals surface area (Å²) in [7, 11) is 1.85. The van der Waals surface area contributed by atoms with E-state index in [2.05, 4.69) is 10.2 Å². The number of carbonyl (C=O) groups excluding carboxylic acids is 1. The van der Waals surface area contributed by atoms with Crippen molar-refractivity contribution < 1.29 is 4.79 Å². The van der Waals surface area contributed by atoms with Crippen molar-refractivity contribution in [2.24, 2.45) is 5.92 Å². The van der Waals surface area contributed by atoms with E-state index in [9.17, 15) is 4.79 Å². The summed E-state index contributed by atoms with van der Waals surface area (Å²) in [6.07, 6.45) is 7.86. The molecule has 1 amide bonds. The molecule has 0 aromatic carbocycles. The van der Waals surface area contributed by atoms with E-state index in [0.29, 0.717) is 18.5 Å². The number of likely N-dealkylation sites (tertiary alicyclic amines) is 1. The standard InChI is InChI=1S/C12H22N2O/c1-13-9-12(15)14-8-4-7-11(14)10-5-2-3-6-10/h10-11,13H,2-9H2,1H3. The number of carbonyl (C=O) groups is 1. The normalized spacial score (nSPS) is 27.5. The van der Waals surface area contributed by atoms with Crippen LogP contribution in [0.3, 0.4) is 0 Å². The second kappa shape index (κ2) is 4.97. The SMILES string of the molecule is CNCC(=O)N1CCCC1C1CCCC1. The number of hydrogen-bond acceptors (Lipinski definition) is 2. The van der Waals surface area contributed by atoms with Crippen molar-refractivity contribution in [2.45, 2.75) is 44.6 Å². The van der Waals surface area contributed by atoms with Gasteiger partial charge in [0.2, 0.25) is 5.91 Å². The van der Waals surface area contributed by atoms with Crippen LogP contribution in [0.4, 0.5) is 0 Å². The minimum Gasteiger partial charge on any atom is -0.338 e. The Balaban J connectivity index is 1.94. The lowest BCUT2D eigenvalue weighted by Gasteiger charge is -2.29. The van der Waals surface area contributed by atoms with E-state index in [-0.39, 0.29) is 0 Å². The van der Waals surface area contributed by atoms with Crippen molar-refractivity contribution in [1.82, 2.24) is 10.2 Å². The molecular weight excluding hydrogens is 188 g/mol. The molecule has 1 aliphatic heterocycles. The molecule has 1 unspecified atom stereocenters. The number of nitrogens with one attached hydrogen (secondary N) is 1. The molecule has 1 atom stereocenters. The van der Waals surface area contributed by atoms with Crippen LogP contribution in [0.1, 0.15) is 38.5 Å². The summed E-state index contributed by atoms with van der Waals surface area (Å²) in [6.45, 7) is 1.49. The third-order valence-corrected chi connectivity index (χ3v) is 3.89. The van der Waals surface area contributed by atoms with Crippen LogP contribution in [0.5, 0.6) is 0 Å². The Hall–Kier alpha value is -0.570. The molecule has 0 bridgehead atoms. The van der Waals surface area contributed by atoms with Crippen LogP contribution in [0.2, 0.25) is 0 Å². The third kappa shape index (κ3) is 2.33. The topological polar surface area (TPSA) is 32.3 Å². The van der Waals surface area contributed by atoms with E-state index in [1.807, 2.05) is 7.05 Å². The van der Waals surface area contributed by atoms with Gasteiger partial charge in [0.25, 0.3) is 0 Å². The van der Waals surface area contributed by atoms with Crippen LogP contribution in [-0.2, 0) is 4.79 Å². The fraction of sp³-hybridized carbons (Fsp3) is 0.917. The third-order valence-electron chi connectivity index (χ3n) is 3.89. The molecule has 86 valence electrons. The molecule has 0 spiro atoms. The Labute approximate surface area is 92.2 Å². The Bertz CT molecular complexity index is 224. The van der Waals surface area contributed by atoms with Crippen LogP contribution in [0, 0.1) is 5.92 Å². The van der Waals surface area contributed by atoms with Gasteiger partial charge in [0.1, 0.15) is 0 Å². The molecule has 1 saturated carbocycles. The monoisotopic (exact) mass is 210 g/mol. The fourth-order valence-electron chi connectivity index (χ4n) is 3.19. The lowest BCUT2D eigenvalue weighted by Crippen LogP contribution is -2.43. The highest BCUT2D eigenvalue weighted by molar-refractivity contribution is 5.78. The van der Waals surface area contributed by atoms with Gasteiger partial charge in [0.05, 0.1) is 6.54 Å². The summed E-state index contributed by atoms with van der Waals surface area (Å²) in [5, 5.41) is 2.96. The first-order chi connectivity index (χ1) is 7.33. The van der Waals surface area contributed by atoms with E-state index in [1.54, 1.807) is 0 Å². The quantitative estimate of drug-likeness (QED) is 0.763. The molecule has 2 aliphatic rings. The first-order valence-corrected chi connectivity index (χ1v) is 6.27. The predicted molar refractivity (Wildman–Crippen MR) is 60.6 cm³/mol. The van der Waals surface area contributed by atoms with Crippen molar-refractivity contribution >= 4 is 5.91 Å². The highest BCUT2D eigenvalue weighted by Crippen LogP contribution is 2.35. The summed E-state index contributed by atoms with van der Waals surface area (Å²) in [5.74, 6) is 1.10. The average Bonchev–Trinajstić information content (AvgIpc) is 2.88. The Morgan fingerprint density at radius 3 is 2.67 bits per heavy atom. The number of rotatable bonds is 3. The van der Waals surface area contributed by atoms with Crippen LogP contribution in [-0.4, -0.2) is 37.0 Å². The highest BCUT2D eigenvalue weighted by atomic mass is 16.2. The predicted octanol–water partition coefficient (Wildman–Crippen LogP) is 1.39. The first-order valence-electron chi connectivity index (χ1n) is 6.27. The largest absolute Gasteiger partial charge is 0.338 e. The molecule has 0 aromatic rings. The Morgan fingerprint density at radius 2 is 2.00 bits per heavy atom. The summed E-state index contributed by atoms with van der Waals surface area (Å²) in [6, 6.07) is 0.563. The Kier molecular flexibility index (Phi) is 3.62. The second-order valence-corrected chi connectivity index (χ2v) is 4.87. The van der Waals surface area contributed by atoms with Gasteiger partial charge in [-0.15, -0.1) is 0 Å². The van der Waals surface area contributed by atoms with Gasteiger partial charge in [0, 0.05) is 12.6 Å². The highest BCUT2D eigenvalue weighted by Gasteiger charge is 2.35. The van der Waals surface area contributed by atoms with Crippen LogP contribution in [0.15, 0.2) is 0 Å². The van der Waals surface area contributed by atoms with Gasteiger partial charge in [-0.3, -0.25) is 4.79 Å². The van der Waals surface area contributed by atoms with E-state index in [0.717, 1.165) is 12.5 Å². The lowest BCUT2D eigenvalue weighted by atomic mass is 9.96. The van der Waals surface area contributed by atoms with E-state index in [4.69, 9.17) is 0 Å². The van der Waals surface area contributed by atoms with Crippen molar-refractivity contribution in [3.05, 3.63) is 0 Å². The number of likely N-dealkylation sites (N-methyl/N-ethyl adjacent to an activating group) is 1. The molecule has 0 aromatic heterocycles. The maximum Gasteiger partial charge on any atom is 0.236 e. The number of hydrogen-bond donors (Lipinski definition) is 1. The van der Waals surface area contributed by atoms with Crippen LogP contribution >= 0.6 is 0 Å². The van der Waals surface area contributed by atoms with Gasteiger partial charge in [-0.1, -0.05) is 12.8 Å². The van der Waals surface area contributed by atoms with Crippen LogP contribution < -0.4 is 5.32 Å². The number of amides is 1. The van der Waals surface area contributed by atoms with Gasteiger partial charge in [-0.05, 0) is 38.6 Å². The number of nitrogens with zero attached hydrogens (tertiary/aromatic N) is 1. The summed E-state index contributed by atoms with van der Waals surface area (Å²) in [4.78, 5) is 14.0. The molecule has 1 aliphatic carbocycles. The minimum atomic E-state index is 0.298. The zero-order valence-electron chi connectivity index (χ0n) is 9.67. The van der Waals surface area contributed by atoms with E-state index >= 15 is 0 Å². The average molecular weight is 210 g/mol. The molecule has 1 heterocycles. The van der Waals surface area contributed by atoms with Crippen LogP contribution in [0.25, 0.3) is 0 Å². The molecular formula is C12H22N2O. The Morgan fingerprint density at radius 1 is 1.27 bits per heavy atom. The molecule has 3 nitrogen and oxygen atoms in total. The van der Waals surface area contributed by atoms with E-state index in [1.165, 1.54) is 38.5 Å². The fourth-order valence-corrected chi connectivity index (χ4v) is 3.19. The molecule has 1 N–H and O–H groups in total. The zero-order chi connectivity index (χ0) is 10.7. The summed E-state index contributed by atoms with van der Waals surface area (Å²) < 4.78 is 0. The molecule has 0 radical (unpaired) electrons. The van der Waals surface area contributed by atoms with E-state index < -0.39 is 0 Å². The zero-order valence-corrected chi connectivity index (χ0v) is 9.67. The summed E-state index contributed by atoms with van der Waals surface area (Å²) >= 11 is 0. The maximum atomic E-state index is 11.9. The van der Waals surface area contributed by atoms with Gasteiger partial charge < -0.3 is 10.2 Å². The van der Waals surface area contributed by atoms with Crippen molar-refractivity contribution in [3.8, 4) is 0 Å². The molecule has 2 rings (SSSR count). The van der Waals surface area contributed by atoms with Gasteiger partial charge in [-0.2, -0.15) is 0 Å². The molecule has 15 heavy (non-hydrogen) atoms. The molecule has 2 fully saturated rings. The molecule has 1 saturated heterocycles. The van der Waals surface area contributed by atoms with Crippen molar-refractivity contribution in [3.63, 3.8) is 0 Å². The first kappa shape index (κ1) is 10.9.